The van der Waals surface area contributed by atoms with E-state index in [9.17, 15) is 9.59 Å². The zero-order valence-electron chi connectivity index (χ0n) is 11.7. The van der Waals surface area contributed by atoms with Crippen LogP contribution in [-0.4, -0.2) is 56.6 Å². The van der Waals surface area contributed by atoms with Gasteiger partial charge in [-0.05, 0) is 52.4 Å². The maximum absolute atomic E-state index is 11.6. The first-order valence-corrected chi connectivity index (χ1v) is 6.60. The summed E-state index contributed by atoms with van der Waals surface area (Å²) in [5, 5.41) is 8.04. The molecule has 0 unspecified atom stereocenters. The maximum atomic E-state index is 11.6. The van der Waals surface area contributed by atoms with Crippen LogP contribution in [0.15, 0.2) is 0 Å². The Labute approximate surface area is 121 Å². The monoisotopic (exact) mass is 292 g/mol. The van der Waals surface area contributed by atoms with Gasteiger partial charge in [-0.25, -0.2) is 4.79 Å². The highest BCUT2D eigenvalue weighted by Crippen LogP contribution is 2.15. The molecule has 0 aromatic heterocycles. The Morgan fingerprint density at radius 2 is 1.89 bits per heavy atom. The molecule has 1 saturated heterocycles. The second-order valence-corrected chi connectivity index (χ2v) is 4.68. The third-order valence-electron chi connectivity index (χ3n) is 3.16. The number of urea groups is 1. The largest absolute Gasteiger partial charge is 0.338 e. The van der Waals surface area contributed by atoms with Crippen molar-refractivity contribution in [3.63, 3.8) is 0 Å². The van der Waals surface area contributed by atoms with Crippen molar-refractivity contribution in [2.45, 2.75) is 19.8 Å². The Kier molecular flexibility index (Phi) is 9.55. The van der Waals surface area contributed by atoms with Gasteiger partial charge in [0.25, 0.3) is 0 Å². The number of likely N-dealkylation sites (tertiary alicyclic amines) is 1. The van der Waals surface area contributed by atoms with E-state index in [0.29, 0.717) is 19.0 Å². The van der Waals surface area contributed by atoms with Gasteiger partial charge in [0.1, 0.15) is 0 Å². The molecule has 1 fully saturated rings. The molecule has 6 nitrogen and oxygen atoms in total. The molecule has 7 heteroatoms. The number of piperidine rings is 1. The number of halogens is 1. The molecule has 1 aliphatic rings. The number of carbonyl (C=O) groups excluding carboxylic acids is 2. The molecule has 3 N–H and O–H groups in total. The van der Waals surface area contributed by atoms with Crippen LogP contribution >= 0.6 is 12.4 Å². The Hall–Kier alpha value is -0.850. The zero-order valence-corrected chi connectivity index (χ0v) is 12.5. The van der Waals surface area contributed by atoms with Crippen LogP contribution < -0.4 is 16.0 Å². The molecule has 0 atom stereocenters. The summed E-state index contributed by atoms with van der Waals surface area (Å²) in [7, 11) is 1.96. The lowest BCUT2D eigenvalue weighted by atomic mass is 9.97. The Balaban J connectivity index is 0.00000324. The molecule has 19 heavy (non-hydrogen) atoms. The van der Waals surface area contributed by atoms with Gasteiger partial charge < -0.3 is 10.6 Å². The van der Waals surface area contributed by atoms with Crippen LogP contribution in [0.2, 0.25) is 0 Å². The highest BCUT2D eigenvalue weighted by molar-refractivity contribution is 5.95. The van der Waals surface area contributed by atoms with Gasteiger partial charge in [-0.2, -0.15) is 0 Å². The van der Waals surface area contributed by atoms with Gasteiger partial charge >= 0.3 is 6.03 Å². The fourth-order valence-corrected chi connectivity index (χ4v) is 2.21. The van der Waals surface area contributed by atoms with E-state index >= 15 is 0 Å². The second-order valence-electron chi connectivity index (χ2n) is 4.68. The zero-order chi connectivity index (χ0) is 13.4. The average molecular weight is 293 g/mol. The van der Waals surface area contributed by atoms with Crippen molar-refractivity contribution in [2.75, 3.05) is 39.8 Å². The standard InChI is InChI=1S/C12H24N4O2.ClH/c1-3-14-12(18)15-11(17)9-16-6-4-10(5-7-16)8-13-2;/h10,13H,3-9H2,1-2H3,(H2,14,15,17,18);1H. The van der Waals surface area contributed by atoms with Crippen LogP contribution in [0.5, 0.6) is 0 Å². The average Bonchev–Trinajstić information content (AvgIpc) is 2.32. The fraction of sp³-hybridized carbons (Fsp3) is 0.833. The summed E-state index contributed by atoms with van der Waals surface area (Å²) in [6.45, 7) is 5.54. The molecule has 0 spiro atoms. The van der Waals surface area contributed by atoms with Crippen LogP contribution in [0.3, 0.4) is 0 Å². The number of nitrogens with one attached hydrogen (secondary N) is 3. The number of rotatable bonds is 5. The van der Waals surface area contributed by atoms with Gasteiger partial charge in [-0.1, -0.05) is 0 Å². The molecule has 1 heterocycles. The fourth-order valence-electron chi connectivity index (χ4n) is 2.21. The van der Waals surface area contributed by atoms with E-state index in [4.69, 9.17) is 0 Å². The smallest absolute Gasteiger partial charge is 0.321 e. The molecule has 1 aliphatic heterocycles. The molecule has 0 saturated carbocycles. The maximum Gasteiger partial charge on any atom is 0.321 e. The van der Waals surface area contributed by atoms with Gasteiger partial charge in [0.15, 0.2) is 0 Å². The van der Waals surface area contributed by atoms with E-state index < -0.39 is 6.03 Å². The quantitative estimate of drug-likeness (QED) is 0.676. The molecular formula is C12H25ClN4O2. The van der Waals surface area contributed by atoms with Crippen molar-refractivity contribution >= 4 is 24.3 Å². The van der Waals surface area contributed by atoms with Gasteiger partial charge in [-0.3, -0.25) is 15.0 Å². The van der Waals surface area contributed by atoms with Crippen molar-refractivity contribution in [3.05, 3.63) is 0 Å². The Bertz CT molecular complexity index is 281. The van der Waals surface area contributed by atoms with E-state index in [1.165, 1.54) is 0 Å². The Morgan fingerprint density at radius 1 is 1.26 bits per heavy atom. The molecule has 0 radical (unpaired) electrons. The minimum atomic E-state index is -0.410. The van der Waals surface area contributed by atoms with E-state index in [1.54, 1.807) is 0 Å². The molecule has 0 aromatic carbocycles. The molecule has 0 aliphatic carbocycles. The highest BCUT2D eigenvalue weighted by atomic mass is 35.5. The van der Waals surface area contributed by atoms with E-state index in [2.05, 4.69) is 20.9 Å². The summed E-state index contributed by atoms with van der Waals surface area (Å²) in [6, 6.07) is -0.410. The minimum absolute atomic E-state index is 0. The third-order valence-corrected chi connectivity index (χ3v) is 3.16. The molecule has 3 amide bonds. The van der Waals surface area contributed by atoms with Crippen molar-refractivity contribution in [1.82, 2.24) is 20.9 Å². The summed E-state index contributed by atoms with van der Waals surface area (Å²) >= 11 is 0. The predicted molar refractivity (Wildman–Crippen MR) is 77.6 cm³/mol. The topological polar surface area (TPSA) is 73.5 Å². The number of hydrogen-bond donors (Lipinski definition) is 3. The van der Waals surface area contributed by atoms with Crippen LogP contribution in [0.25, 0.3) is 0 Å². The van der Waals surface area contributed by atoms with Gasteiger partial charge in [0, 0.05) is 6.54 Å². The van der Waals surface area contributed by atoms with Crippen molar-refractivity contribution < 1.29 is 9.59 Å². The van der Waals surface area contributed by atoms with Crippen LogP contribution in [-0.2, 0) is 4.79 Å². The summed E-state index contributed by atoms with van der Waals surface area (Å²) < 4.78 is 0. The SMILES string of the molecule is CCNC(=O)NC(=O)CN1CCC(CNC)CC1.Cl. The van der Waals surface area contributed by atoms with Gasteiger partial charge in [0.2, 0.25) is 5.91 Å². The number of nitrogens with zero attached hydrogens (tertiary/aromatic N) is 1. The second kappa shape index (κ2) is 10.00. The van der Waals surface area contributed by atoms with E-state index in [0.717, 1.165) is 32.5 Å². The predicted octanol–water partition coefficient (Wildman–Crippen LogP) is 0.185. The lowest BCUT2D eigenvalue weighted by molar-refractivity contribution is -0.121. The number of amides is 3. The summed E-state index contributed by atoms with van der Waals surface area (Å²) in [5.41, 5.74) is 0. The van der Waals surface area contributed by atoms with Crippen molar-refractivity contribution in [2.24, 2.45) is 5.92 Å². The lowest BCUT2D eigenvalue weighted by Gasteiger charge is -2.31. The summed E-state index contributed by atoms with van der Waals surface area (Å²) in [4.78, 5) is 24.8. The van der Waals surface area contributed by atoms with Crippen molar-refractivity contribution in [3.8, 4) is 0 Å². The lowest BCUT2D eigenvalue weighted by Crippen LogP contribution is -2.46. The normalized spacial score (nSPS) is 16.5. The number of hydrogen-bond acceptors (Lipinski definition) is 4. The van der Waals surface area contributed by atoms with Gasteiger partial charge in [-0.15, -0.1) is 12.4 Å². The molecule has 1 rings (SSSR count). The van der Waals surface area contributed by atoms with Crippen LogP contribution in [0.4, 0.5) is 4.79 Å². The number of carbonyl (C=O) groups is 2. The first kappa shape index (κ1) is 18.1. The minimum Gasteiger partial charge on any atom is -0.338 e. The summed E-state index contributed by atoms with van der Waals surface area (Å²) in [5.74, 6) is 0.478. The third kappa shape index (κ3) is 7.34. The first-order chi connectivity index (χ1) is 8.65. The van der Waals surface area contributed by atoms with Gasteiger partial charge in [0.05, 0.1) is 6.54 Å². The molecule has 0 aromatic rings. The molecule has 112 valence electrons. The van der Waals surface area contributed by atoms with E-state index in [-0.39, 0.29) is 18.3 Å². The van der Waals surface area contributed by atoms with E-state index in [1.807, 2.05) is 14.0 Å². The first-order valence-electron chi connectivity index (χ1n) is 6.60. The van der Waals surface area contributed by atoms with Crippen molar-refractivity contribution in [1.29, 1.82) is 0 Å². The number of imide groups is 1. The molecular weight excluding hydrogens is 268 g/mol. The Morgan fingerprint density at radius 3 is 2.42 bits per heavy atom. The van der Waals surface area contributed by atoms with Crippen LogP contribution in [0, 0.1) is 5.92 Å². The summed E-state index contributed by atoms with van der Waals surface area (Å²) in [6.07, 6.45) is 2.21. The highest BCUT2D eigenvalue weighted by Gasteiger charge is 2.20. The molecule has 0 bridgehead atoms. The van der Waals surface area contributed by atoms with Crippen LogP contribution in [0.1, 0.15) is 19.8 Å².